The van der Waals surface area contributed by atoms with Crippen LogP contribution in [0.5, 0.6) is 11.5 Å². The number of morpholine rings is 1. The molecule has 2 amide bonds. The highest BCUT2D eigenvalue weighted by Gasteiger charge is 2.24. The molecule has 2 aliphatic rings. The molecule has 0 radical (unpaired) electrons. The summed E-state index contributed by atoms with van der Waals surface area (Å²) in [5.41, 5.74) is 2.39. The molecule has 0 aliphatic carbocycles. The lowest BCUT2D eigenvalue weighted by Gasteiger charge is -2.31. The molecule has 2 aliphatic heterocycles. The Morgan fingerprint density at radius 3 is 2.55 bits per heavy atom. The fourth-order valence-corrected chi connectivity index (χ4v) is 5.08. The number of nitrogens with zero attached hydrogens (tertiary/aromatic N) is 2. The van der Waals surface area contributed by atoms with Gasteiger partial charge in [-0.1, -0.05) is 38.3 Å². The Morgan fingerprint density at radius 2 is 1.90 bits per heavy atom. The monoisotopic (exact) mass is 563 g/mol. The van der Waals surface area contributed by atoms with Crippen LogP contribution < -0.4 is 10.1 Å². The first-order chi connectivity index (χ1) is 19.1. The largest absolute Gasteiger partial charge is 0.457 e. The number of hydrogen-bond donors (Lipinski definition) is 3. The van der Waals surface area contributed by atoms with Crippen LogP contribution in [0, 0.1) is 16.7 Å². The van der Waals surface area contributed by atoms with Gasteiger partial charge in [0.05, 0.1) is 11.7 Å². The highest BCUT2D eigenvalue weighted by Crippen LogP contribution is 2.30. The molecule has 2 fully saturated rings. The average molecular weight is 564 g/mol. The second-order valence-corrected chi connectivity index (χ2v) is 11.5. The Hall–Kier alpha value is -3.47. The summed E-state index contributed by atoms with van der Waals surface area (Å²) in [6.45, 7) is 11.0. The van der Waals surface area contributed by atoms with Crippen molar-refractivity contribution in [3.05, 3.63) is 71.4 Å². The number of likely N-dealkylation sites (tertiary alicyclic amines) is 1. The molecule has 40 heavy (non-hydrogen) atoms. The first-order valence-corrected chi connectivity index (χ1v) is 14.3. The number of likely N-dealkylation sites (N-methyl/N-ethyl adjacent to an activating group) is 1. The third-order valence-electron chi connectivity index (χ3n) is 6.87. The predicted octanol–water partition coefficient (Wildman–Crippen LogP) is 4.87. The van der Waals surface area contributed by atoms with Crippen LogP contribution >= 0.6 is 11.8 Å². The molecule has 0 aromatic heterocycles. The summed E-state index contributed by atoms with van der Waals surface area (Å²) in [6.07, 6.45) is 1.09. The lowest BCUT2D eigenvalue weighted by atomic mass is 10.1. The van der Waals surface area contributed by atoms with Crippen molar-refractivity contribution in [3.63, 3.8) is 0 Å². The maximum absolute atomic E-state index is 13.1. The van der Waals surface area contributed by atoms with Crippen LogP contribution in [0.25, 0.3) is 0 Å². The van der Waals surface area contributed by atoms with Crippen LogP contribution in [0.3, 0.4) is 0 Å². The van der Waals surface area contributed by atoms with Gasteiger partial charge in [0.1, 0.15) is 22.6 Å². The quantitative estimate of drug-likeness (QED) is 0.296. The second-order valence-electron chi connectivity index (χ2n) is 10.4. The zero-order valence-corrected chi connectivity index (χ0v) is 24.1. The molecular weight excluding hydrogens is 526 g/mol. The molecule has 4 rings (SSSR count). The number of hydrogen-bond acceptors (Lipinski definition) is 8. The molecule has 2 aromatic rings. The zero-order chi connectivity index (χ0) is 28.8. The third kappa shape index (κ3) is 7.59. The predicted molar refractivity (Wildman–Crippen MR) is 158 cm³/mol. The standard InChI is InChI=1S/C30H37N5O4S/c1-19(2)28(31)40-29(32)21-9-11-24(12-10-21)39-25-16-22(7-8-23(25)17-35-13-5-6-27(35)36)30(37)33-20(3)26-18-34(4)14-15-38-26/h7-12,16,19,26,31-32H,3,5-6,13-15,17-18H2,1-2,4H3,(H,33,37). The minimum absolute atomic E-state index is 0.0621. The third-order valence-corrected chi connectivity index (χ3v) is 8.01. The number of thioether (sulfide) groups is 1. The van der Waals surface area contributed by atoms with Gasteiger partial charge in [0.15, 0.2) is 0 Å². The van der Waals surface area contributed by atoms with E-state index in [1.807, 2.05) is 27.0 Å². The Labute approximate surface area is 239 Å². The Balaban J connectivity index is 1.52. The van der Waals surface area contributed by atoms with Crippen LogP contribution in [-0.4, -0.2) is 71.1 Å². The highest BCUT2D eigenvalue weighted by atomic mass is 32.2. The smallest absolute Gasteiger partial charge is 0.255 e. The van der Waals surface area contributed by atoms with E-state index in [1.165, 1.54) is 0 Å². The van der Waals surface area contributed by atoms with Crippen molar-refractivity contribution in [2.75, 3.05) is 33.3 Å². The summed E-state index contributed by atoms with van der Waals surface area (Å²) < 4.78 is 12.0. The van der Waals surface area contributed by atoms with Crippen molar-refractivity contribution in [2.24, 2.45) is 5.92 Å². The van der Waals surface area contributed by atoms with E-state index in [0.717, 1.165) is 30.3 Å². The number of carbonyl (C=O) groups is 2. The topological polar surface area (TPSA) is 119 Å². The van der Waals surface area contributed by atoms with E-state index in [4.69, 9.17) is 20.3 Å². The Kier molecular flexibility index (Phi) is 9.78. The van der Waals surface area contributed by atoms with Crippen molar-refractivity contribution in [1.82, 2.24) is 15.1 Å². The summed E-state index contributed by atoms with van der Waals surface area (Å²) in [5, 5.41) is 20.0. The Morgan fingerprint density at radius 1 is 1.18 bits per heavy atom. The van der Waals surface area contributed by atoms with Crippen LogP contribution in [0.4, 0.5) is 0 Å². The van der Waals surface area contributed by atoms with E-state index in [0.29, 0.717) is 71.1 Å². The summed E-state index contributed by atoms with van der Waals surface area (Å²) in [5.74, 6) is 0.866. The molecular formula is C30H37N5O4S. The normalized spacial score (nSPS) is 17.6. The fourth-order valence-electron chi connectivity index (χ4n) is 4.37. The molecule has 10 heteroatoms. The molecule has 2 saturated heterocycles. The summed E-state index contributed by atoms with van der Waals surface area (Å²) in [4.78, 5) is 29.4. The molecule has 0 bridgehead atoms. The van der Waals surface area contributed by atoms with Gasteiger partial charge < -0.3 is 24.6 Å². The second kappa shape index (κ2) is 13.3. The first-order valence-electron chi connectivity index (χ1n) is 13.4. The van der Waals surface area contributed by atoms with E-state index < -0.39 is 0 Å². The van der Waals surface area contributed by atoms with Crippen LogP contribution in [0.1, 0.15) is 48.2 Å². The number of ether oxygens (including phenoxy) is 2. The minimum Gasteiger partial charge on any atom is -0.457 e. The van der Waals surface area contributed by atoms with Gasteiger partial charge in [0.25, 0.3) is 5.91 Å². The Bertz CT molecular complexity index is 1290. The van der Waals surface area contributed by atoms with Gasteiger partial charge >= 0.3 is 0 Å². The SMILES string of the molecule is C=C(NC(=O)c1ccc(CN2CCCC2=O)c(Oc2ccc(C(=N)SC(=N)C(C)C)cc2)c1)C1CN(C)CCO1. The maximum Gasteiger partial charge on any atom is 0.255 e. The van der Waals surface area contributed by atoms with E-state index >= 15 is 0 Å². The van der Waals surface area contributed by atoms with Gasteiger partial charge in [0.2, 0.25) is 5.91 Å². The van der Waals surface area contributed by atoms with Crippen LogP contribution in [0.2, 0.25) is 0 Å². The molecule has 2 heterocycles. The van der Waals surface area contributed by atoms with Gasteiger partial charge in [0, 0.05) is 60.9 Å². The summed E-state index contributed by atoms with van der Waals surface area (Å²) >= 11 is 1.14. The van der Waals surface area contributed by atoms with Crippen molar-refractivity contribution in [1.29, 1.82) is 10.8 Å². The van der Waals surface area contributed by atoms with E-state index in [2.05, 4.69) is 16.8 Å². The van der Waals surface area contributed by atoms with Gasteiger partial charge in [-0.15, -0.1) is 0 Å². The van der Waals surface area contributed by atoms with Crippen LogP contribution in [0.15, 0.2) is 54.7 Å². The fraction of sp³-hybridized carbons (Fsp3) is 0.400. The molecule has 3 N–H and O–H groups in total. The molecule has 1 unspecified atom stereocenters. The molecule has 9 nitrogen and oxygen atoms in total. The zero-order valence-electron chi connectivity index (χ0n) is 23.3. The summed E-state index contributed by atoms with van der Waals surface area (Å²) in [6, 6.07) is 12.3. The van der Waals surface area contributed by atoms with E-state index in [9.17, 15) is 9.59 Å². The maximum atomic E-state index is 13.1. The van der Waals surface area contributed by atoms with Crippen LogP contribution in [-0.2, 0) is 16.1 Å². The van der Waals surface area contributed by atoms with E-state index in [1.54, 1.807) is 41.3 Å². The van der Waals surface area contributed by atoms with Crippen molar-refractivity contribution in [2.45, 2.75) is 39.3 Å². The molecule has 0 saturated carbocycles. The first kappa shape index (κ1) is 29.5. The van der Waals surface area contributed by atoms with Crippen molar-refractivity contribution >= 4 is 33.7 Å². The average Bonchev–Trinajstić information content (AvgIpc) is 3.33. The number of carbonyl (C=O) groups excluding carboxylic acids is 2. The highest BCUT2D eigenvalue weighted by molar-refractivity contribution is 8.26. The van der Waals surface area contributed by atoms with E-state index in [-0.39, 0.29) is 23.8 Å². The molecule has 1 atom stereocenters. The lowest BCUT2D eigenvalue weighted by Crippen LogP contribution is -2.44. The molecule has 0 spiro atoms. The van der Waals surface area contributed by atoms with Gasteiger partial charge in [-0.05, 0) is 49.9 Å². The van der Waals surface area contributed by atoms with Crippen molar-refractivity contribution < 1.29 is 19.1 Å². The number of amides is 2. The molecule has 2 aromatic carbocycles. The minimum atomic E-state index is -0.316. The number of rotatable bonds is 9. The molecule has 212 valence electrons. The lowest BCUT2D eigenvalue weighted by molar-refractivity contribution is -0.128. The number of benzene rings is 2. The van der Waals surface area contributed by atoms with Gasteiger partial charge in [-0.25, -0.2) is 0 Å². The van der Waals surface area contributed by atoms with Crippen molar-refractivity contribution in [3.8, 4) is 11.5 Å². The number of nitrogens with one attached hydrogen (secondary N) is 3. The van der Waals surface area contributed by atoms with Gasteiger partial charge in [-0.3, -0.25) is 20.4 Å². The summed E-state index contributed by atoms with van der Waals surface area (Å²) in [7, 11) is 2.00. The van der Waals surface area contributed by atoms with Gasteiger partial charge in [-0.2, -0.15) is 0 Å².